The summed E-state index contributed by atoms with van der Waals surface area (Å²) in [5, 5.41) is 1.38. The molecule has 0 amide bonds. The van der Waals surface area contributed by atoms with Gasteiger partial charge in [0.15, 0.2) is 0 Å². The van der Waals surface area contributed by atoms with Gasteiger partial charge in [-0.2, -0.15) is 0 Å². The Balaban J connectivity index is 2.29. The van der Waals surface area contributed by atoms with Crippen molar-refractivity contribution in [3.63, 3.8) is 0 Å². The lowest BCUT2D eigenvalue weighted by molar-refractivity contribution is 0.236. The van der Waals surface area contributed by atoms with Crippen molar-refractivity contribution in [2.45, 2.75) is 38.5 Å². The first-order valence-corrected chi connectivity index (χ1v) is 7.56. The van der Waals surface area contributed by atoms with Crippen LogP contribution in [0.5, 0.6) is 0 Å². The Morgan fingerprint density at radius 2 is 2.06 bits per heavy atom. The first-order valence-electron chi connectivity index (χ1n) is 6.81. The van der Waals surface area contributed by atoms with Crippen LogP contribution in [0.3, 0.4) is 0 Å². The largest absolute Gasteiger partial charge is 0.330 e. The fourth-order valence-electron chi connectivity index (χ4n) is 3.16. The monoisotopic (exact) mass is 285 g/mol. The van der Waals surface area contributed by atoms with Gasteiger partial charge in [-0.3, -0.25) is 0 Å². The van der Waals surface area contributed by atoms with E-state index in [9.17, 15) is 0 Å². The molecule has 2 N–H and O–H groups in total. The first kappa shape index (κ1) is 14.2. The van der Waals surface area contributed by atoms with Crippen LogP contribution in [0.25, 0.3) is 0 Å². The molecule has 1 aliphatic carbocycles. The molecule has 0 aliphatic heterocycles. The molecule has 0 spiro atoms. The summed E-state index contributed by atoms with van der Waals surface area (Å²) in [6.45, 7) is 3.01. The maximum absolute atomic E-state index is 6.37. The van der Waals surface area contributed by atoms with Gasteiger partial charge in [0.25, 0.3) is 0 Å². The quantitative estimate of drug-likeness (QED) is 0.843. The SMILES string of the molecule is CCC1CCC(CN)C(c2cccc(Cl)c2Cl)C1. The summed E-state index contributed by atoms with van der Waals surface area (Å²) in [6.07, 6.45) is 4.94. The fraction of sp³-hybridized carbons (Fsp3) is 0.600. The molecule has 1 saturated carbocycles. The summed E-state index contributed by atoms with van der Waals surface area (Å²) >= 11 is 12.5. The summed E-state index contributed by atoms with van der Waals surface area (Å²) in [4.78, 5) is 0. The van der Waals surface area contributed by atoms with Crippen molar-refractivity contribution in [3.05, 3.63) is 33.8 Å². The normalized spacial score (nSPS) is 28.3. The molecule has 18 heavy (non-hydrogen) atoms. The Bertz CT molecular complexity index is 405. The number of benzene rings is 1. The minimum atomic E-state index is 0.472. The highest BCUT2D eigenvalue weighted by molar-refractivity contribution is 6.42. The van der Waals surface area contributed by atoms with E-state index in [1.165, 1.54) is 31.2 Å². The average molecular weight is 286 g/mol. The Hall–Kier alpha value is -0.240. The summed E-state index contributed by atoms with van der Waals surface area (Å²) in [5.41, 5.74) is 7.12. The molecule has 0 saturated heterocycles. The average Bonchev–Trinajstić information content (AvgIpc) is 2.41. The third-order valence-corrected chi connectivity index (χ3v) is 5.20. The van der Waals surface area contributed by atoms with Gasteiger partial charge in [0.2, 0.25) is 0 Å². The lowest BCUT2D eigenvalue weighted by atomic mass is 9.70. The Kier molecular flexibility index (Phi) is 4.94. The highest BCUT2D eigenvalue weighted by Gasteiger charge is 2.31. The summed E-state index contributed by atoms with van der Waals surface area (Å²) in [7, 11) is 0. The topological polar surface area (TPSA) is 26.0 Å². The van der Waals surface area contributed by atoms with Gasteiger partial charge < -0.3 is 5.73 Å². The van der Waals surface area contributed by atoms with Crippen LogP contribution in [0.15, 0.2) is 18.2 Å². The van der Waals surface area contributed by atoms with Gasteiger partial charge in [-0.1, -0.05) is 55.1 Å². The summed E-state index contributed by atoms with van der Waals surface area (Å²) in [6, 6.07) is 5.96. The zero-order valence-electron chi connectivity index (χ0n) is 10.8. The molecule has 1 aliphatic rings. The van der Waals surface area contributed by atoms with E-state index < -0.39 is 0 Å². The highest BCUT2D eigenvalue weighted by atomic mass is 35.5. The van der Waals surface area contributed by atoms with E-state index >= 15 is 0 Å². The van der Waals surface area contributed by atoms with Crippen LogP contribution < -0.4 is 5.73 Å². The fourth-order valence-corrected chi connectivity index (χ4v) is 3.61. The minimum Gasteiger partial charge on any atom is -0.330 e. The third kappa shape index (κ3) is 2.84. The first-order chi connectivity index (χ1) is 8.67. The summed E-state index contributed by atoms with van der Waals surface area (Å²) < 4.78 is 0. The molecule has 3 unspecified atom stereocenters. The van der Waals surface area contributed by atoms with Gasteiger partial charge in [0.05, 0.1) is 10.0 Å². The van der Waals surface area contributed by atoms with Gasteiger partial charge in [-0.15, -0.1) is 0 Å². The van der Waals surface area contributed by atoms with Crippen molar-refractivity contribution < 1.29 is 0 Å². The zero-order valence-corrected chi connectivity index (χ0v) is 12.3. The van der Waals surface area contributed by atoms with Crippen molar-refractivity contribution in [1.29, 1.82) is 0 Å². The molecule has 0 aromatic heterocycles. The number of rotatable bonds is 3. The number of hydrogen-bond donors (Lipinski definition) is 1. The van der Waals surface area contributed by atoms with E-state index in [1.807, 2.05) is 12.1 Å². The molecule has 0 heterocycles. The molecule has 2 rings (SSSR count). The predicted octanol–water partition coefficient (Wildman–Crippen LogP) is 4.86. The van der Waals surface area contributed by atoms with Gasteiger partial charge >= 0.3 is 0 Å². The standard InChI is InChI=1S/C15H21Cl2N/c1-2-10-6-7-11(9-18)13(8-10)12-4-3-5-14(16)15(12)17/h3-5,10-11,13H,2,6-9,18H2,1H3. The second-order valence-corrected chi connectivity index (χ2v) is 6.12. The molecule has 100 valence electrons. The van der Waals surface area contributed by atoms with E-state index in [2.05, 4.69) is 13.0 Å². The Labute approximate surface area is 120 Å². The third-order valence-electron chi connectivity index (χ3n) is 4.36. The van der Waals surface area contributed by atoms with Crippen LogP contribution in [-0.2, 0) is 0 Å². The smallest absolute Gasteiger partial charge is 0.0627 e. The van der Waals surface area contributed by atoms with Crippen LogP contribution in [0.4, 0.5) is 0 Å². The predicted molar refractivity (Wildman–Crippen MR) is 79.4 cm³/mol. The van der Waals surface area contributed by atoms with Crippen molar-refractivity contribution >= 4 is 23.2 Å². The summed E-state index contributed by atoms with van der Waals surface area (Å²) in [5.74, 6) is 1.82. The van der Waals surface area contributed by atoms with E-state index in [0.29, 0.717) is 16.9 Å². The lowest BCUT2D eigenvalue weighted by Crippen LogP contribution is -2.29. The molecular weight excluding hydrogens is 265 g/mol. The zero-order chi connectivity index (χ0) is 13.1. The van der Waals surface area contributed by atoms with Crippen LogP contribution in [0, 0.1) is 11.8 Å². The molecular formula is C15H21Cl2N. The van der Waals surface area contributed by atoms with Gasteiger partial charge in [0, 0.05) is 0 Å². The number of hydrogen-bond acceptors (Lipinski definition) is 1. The Morgan fingerprint density at radius 3 is 2.72 bits per heavy atom. The van der Waals surface area contributed by atoms with Gasteiger partial charge in [-0.25, -0.2) is 0 Å². The lowest BCUT2D eigenvalue weighted by Gasteiger charge is -2.36. The number of nitrogens with two attached hydrogens (primary N) is 1. The van der Waals surface area contributed by atoms with Crippen LogP contribution >= 0.6 is 23.2 Å². The minimum absolute atomic E-state index is 0.472. The van der Waals surface area contributed by atoms with Gasteiger partial charge in [0.1, 0.15) is 0 Å². The number of halogens is 2. The maximum atomic E-state index is 6.37. The molecule has 0 bridgehead atoms. The molecule has 1 aromatic rings. The molecule has 3 heteroatoms. The van der Waals surface area contributed by atoms with E-state index in [0.717, 1.165) is 17.5 Å². The molecule has 3 atom stereocenters. The van der Waals surface area contributed by atoms with Crippen LogP contribution in [0.1, 0.15) is 44.1 Å². The maximum Gasteiger partial charge on any atom is 0.0627 e. The Morgan fingerprint density at radius 1 is 1.28 bits per heavy atom. The second-order valence-electron chi connectivity index (χ2n) is 5.33. The van der Waals surface area contributed by atoms with E-state index in [-0.39, 0.29) is 0 Å². The van der Waals surface area contributed by atoms with Crippen molar-refractivity contribution in [1.82, 2.24) is 0 Å². The van der Waals surface area contributed by atoms with Crippen molar-refractivity contribution in [3.8, 4) is 0 Å². The molecule has 1 fully saturated rings. The van der Waals surface area contributed by atoms with E-state index in [1.54, 1.807) is 0 Å². The van der Waals surface area contributed by atoms with E-state index in [4.69, 9.17) is 28.9 Å². The van der Waals surface area contributed by atoms with Crippen molar-refractivity contribution in [2.75, 3.05) is 6.54 Å². The second kappa shape index (κ2) is 6.27. The molecule has 0 radical (unpaired) electrons. The van der Waals surface area contributed by atoms with Crippen LogP contribution in [0.2, 0.25) is 10.0 Å². The van der Waals surface area contributed by atoms with Crippen molar-refractivity contribution in [2.24, 2.45) is 17.6 Å². The molecule has 1 aromatic carbocycles. The molecule has 1 nitrogen and oxygen atoms in total. The highest BCUT2D eigenvalue weighted by Crippen LogP contribution is 2.44. The van der Waals surface area contributed by atoms with Gasteiger partial charge in [-0.05, 0) is 48.8 Å². The van der Waals surface area contributed by atoms with Crippen LogP contribution in [-0.4, -0.2) is 6.54 Å².